The van der Waals surface area contributed by atoms with Crippen molar-refractivity contribution in [2.24, 2.45) is 11.8 Å². The van der Waals surface area contributed by atoms with Crippen molar-refractivity contribution in [2.75, 3.05) is 11.9 Å². The Balaban J connectivity index is 1.52. The van der Waals surface area contributed by atoms with Crippen LogP contribution in [0.25, 0.3) is 0 Å². The van der Waals surface area contributed by atoms with Gasteiger partial charge in [0.2, 0.25) is 0 Å². The van der Waals surface area contributed by atoms with Crippen LogP contribution in [0.3, 0.4) is 0 Å². The molecule has 2 unspecified atom stereocenters. The van der Waals surface area contributed by atoms with Crippen molar-refractivity contribution in [3.63, 3.8) is 0 Å². The molecule has 2 aliphatic rings. The van der Waals surface area contributed by atoms with E-state index < -0.39 is 17.4 Å². The average Bonchev–Trinajstić information content (AvgIpc) is 3.39. The number of aromatic hydroxyl groups is 1. The van der Waals surface area contributed by atoms with Crippen LogP contribution >= 0.6 is 15.9 Å². The molecule has 0 radical (unpaired) electrons. The predicted octanol–water partition coefficient (Wildman–Crippen LogP) is 3.93. The van der Waals surface area contributed by atoms with E-state index in [1.165, 1.54) is 6.42 Å². The molecule has 0 saturated heterocycles. The number of amides is 1. The van der Waals surface area contributed by atoms with E-state index in [4.69, 9.17) is 4.74 Å². The van der Waals surface area contributed by atoms with Crippen molar-refractivity contribution < 1.29 is 19.4 Å². The highest BCUT2D eigenvalue weighted by Crippen LogP contribution is 2.42. The number of alkyl halides is 1. The molecular weight excluding hydrogens is 446 g/mol. The van der Waals surface area contributed by atoms with Crippen molar-refractivity contribution in [3.05, 3.63) is 64.7 Å². The molecule has 2 aliphatic carbocycles. The monoisotopic (exact) mass is 471 g/mol. The number of phenols is 1. The smallest absolute Gasteiger partial charge is 0.332 e. The second-order valence-corrected chi connectivity index (χ2v) is 9.11. The fourth-order valence-electron chi connectivity index (χ4n) is 4.32. The summed E-state index contributed by atoms with van der Waals surface area (Å²) in [6.45, 7) is 2.09. The third-order valence-corrected chi connectivity index (χ3v) is 7.15. The summed E-state index contributed by atoms with van der Waals surface area (Å²) < 4.78 is 5.66. The summed E-state index contributed by atoms with van der Waals surface area (Å²) in [6.07, 6.45) is 2.78. The standard InChI is InChI=1S/C24H26BrNO4/c1-15-5-4-8-20(21(15)27)22(28)26-24(12-17-6-2-3-7-18(17)13-24)23(29)30-10-9-16-11-19(16)14-25/h2-8,16,19,27H,9-14H2,1H3,(H,26,28). The van der Waals surface area contributed by atoms with Crippen LogP contribution in [0.5, 0.6) is 5.75 Å². The van der Waals surface area contributed by atoms with E-state index in [1.54, 1.807) is 25.1 Å². The summed E-state index contributed by atoms with van der Waals surface area (Å²) in [6, 6.07) is 12.8. The minimum Gasteiger partial charge on any atom is -0.507 e. The van der Waals surface area contributed by atoms with Gasteiger partial charge in [-0.2, -0.15) is 0 Å². The number of phenolic OH excluding ortho intramolecular Hbond substituents is 1. The number of carbonyl (C=O) groups is 2. The summed E-state index contributed by atoms with van der Waals surface area (Å²) in [5.41, 5.74) is 1.68. The predicted molar refractivity (Wildman–Crippen MR) is 118 cm³/mol. The highest BCUT2D eigenvalue weighted by atomic mass is 79.9. The first-order chi connectivity index (χ1) is 14.4. The van der Waals surface area contributed by atoms with Crippen LogP contribution in [0.4, 0.5) is 0 Å². The van der Waals surface area contributed by atoms with E-state index in [0.29, 0.717) is 36.8 Å². The second kappa shape index (κ2) is 8.42. The van der Waals surface area contributed by atoms with Crippen molar-refractivity contribution >= 4 is 27.8 Å². The Hall–Kier alpha value is -2.34. The highest BCUT2D eigenvalue weighted by molar-refractivity contribution is 9.09. The summed E-state index contributed by atoms with van der Waals surface area (Å²) in [4.78, 5) is 26.2. The molecule has 0 heterocycles. The van der Waals surface area contributed by atoms with Gasteiger partial charge in [0.15, 0.2) is 0 Å². The van der Waals surface area contributed by atoms with Crippen molar-refractivity contribution in [2.45, 2.75) is 38.1 Å². The summed E-state index contributed by atoms with van der Waals surface area (Å²) in [5, 5.41) is 14.2. The van der Waals surface area contributed by atoms with Gasteiger partial charge in [-0.3, -0.25) is 4.79 Å². The van der Waals surface area contributed by atoms with E-state index in [1.807, 2.05) is 24.3 Å². The van der Waals surface area contributed by atoms with Gasteiger partial charge in [0.25, 0.3) is 5.91 Å². The lowest BCUT2D eigenvalue weighted by Crippen LogP contribution is -2.56. The maximum Gasteiger partial charge on any atom is 0.332 e. The normalized spacial score (nSPS) is 21.0. The number of hydrogen-bond acceptors (Lipinski definition) is 4. The number of esters is 1. The van der Waals surface area contributed by atoms with Crippen LogP contribution in [0.2, 0.25) is 0 Å². The minimum absolute atomic E-state index is 0.0661. The number of carbonyl (C=O) groups excluding carboxylic acids is 2. The van der Waals surface area contributed by atoms with Crippen LogP contribution < -0.4 is 5.32 Å². The molecule has 1 amide bonds. The molecule has 158 valence electrons. The van der Waals surface area contributed by atoms with Crippen molar-refractivity contribution in [1.82, 2.24) is 5.32 Å². The number of aryl methyl sites for hydroxylation is 1. The largest absolute Gasteiger partial charge is 0.507 e. The van der Waals surface area contributed by atoms with Crippen molar-refractivity contribution in [3.8, 4) is 5.75 Å². The Kier molecular flexibility index (Phi) is 5.87. The SMILES string of the molecule is Cc1cccc(C(=O)NC2(C(=O)OCCC3CC3CBr)Cc3ccccc3C2)c1O. The molecular formula is C24H26BrNO4. The molecule has 0 bridgehead atoms. The lowest BCUT2D eigenvalue weighted by Gasteiger charge is -2.28. The zero-order valence-corrected chi connectivity index (χ0v) is 18.6. The fraction of sp³-hybridized carbons (Fsp3) is 0.417. The third kappa shape index (κ3) is 4.10. The molecule has 5 nitrogen and oxygen atoms in total. The van der Waals surface area contributed by atoms with Gasteiger partial charge in [0, 0.05) is 18.2 Å². The van der Waals surface area contributed by atoms with E-state index in [0.717, 1.165) is 22.9 Å². The molecule has 0 spiro atoms. The lowest BCUT2D eigenvalue weighted by atomic mass is 9.94. The van der Waals surface area contributed by atoms with Crippen LogP contribution in [0.1, 0.15) is 39.9 Å². The Morgan fingerprint density at radius 3 is 2.47 bits per heavy atom. The number of rotatable bonds is 7. The van der Waals surface area contributed by atoms with Crippen LogP contribution in [-0.4, -0.2) is 34.5 Å². The summed E-state index contributed by atoms with van der Waals surface area (Å²) in [7, 11) is 0. The lowest BCUT2D eigenvalue weighted by molar-refractivity contribution is -0.151. The Morgan fingerprint density at radius 1 is 1.13 bits per heavy atom. The Labute approximate surface area is 185 Å². The molecule has 0 aliphatic heterocycles. The molecule has 1 saturated carbocycles. The van der Waals surface area contributed by atoms with Crippen LogP contribution in [0, 0.1) is 18.8 Å². The summed E-state index contributed by atoms with van der Waals surface area (Å²) >= 11 is 3.50. The number of nitrogens with one attached hydrogen (secondary N) is 1. The quantitative estimate of drug-likeness (QED) is 0.473. The maximum atomic E-state index is 13.2. The Morgan fingerprint density at radius 2 is 1.83 bits per heavy atom. The highest BCUT2D eigenvalue weighted by Gasteiger charge is 2.47. The van der Waals surface area contributed by atoms with Gasteiger partial charge in [-0.25, -0.2) is 4.79 Å². The minimum atomic E-state index is -1.16. The van der Waals surface area contributed by atoms with E-state index >= 15 is 0 Å². The molecule has 2 N–H and O–H groups in total. The first kappa shape index (κ1) is 20.9. The van der Waals surface area contributed by atoms with E-state index in [9.17, 15) is 14.7 Å². The molecule has 2 aromatic carbocycles. The zero-order valence-electron chi connectivity index (χ0n) is 17.0. The number of halogens is 1. The number of hydrogen-bond donors (Lipinski definition) is 2. The van der Waals surface area contributed by atoms with E-state index in [2.05, 4.69) is 21.2 Å². The molecule has 30 heavy (non-hydrogen) atoms. The molecule has 2 aromatic rings. The number of ether oxygens (including phenoxy) is 1. The maximum absolute atomic E-state index is 13.2. The molecule has 6 heteroatoms. The van der Waals surface area contributed by atoms with Gasteiger partial charge in [0.1, 0.15) is 11.3 Å². The molecule has 2 atom stereocenters. The first-order valence-electron chi connectivity index (χ1n) is 10.3. The van der Waals surface area contributed by atoms with Crippen LogP contribution in [-0.2, 0) is 22.4 Å². The third-order valence-electron chi connectivity index (χ3n) is 6.32. The van der Waals surface area contributed by atoms with Gasteiger partial charge < -0.3 is 15.2 Å². The molecule has 0 aromatic heterocycles. The second-order valence-electron chi connectivity index (χ2n) is 8.46. The van der Waals surface area contributed by atoms with E-state index in [-0.39, 0.29) is 11.3 Å². The zero-order chi connectivity index (χ0) is 21.3. The molecule has 4 rings (SSSR count). The first-order valence-corrected chi connectivity index (χ1v) is 11.5. The average molecular weight is 472 g/mol. The van der Waals surface area contributed by atoms with Gasteiger partial charge in [-0.05, 0) is 54.4 Å². The summed E-state index contributed by atoms with van der Waals surface area (Å²) in [5.74, 6) is 0.339. The van der Waals surface area contributed by atoms with Gasteiger partial charge in [-0.15, -0.1) is 0 Å². The van der Waals surface area contributed by atoms with Crippen molar-refractivity contribution in [1.29, 1.82) is 0 Å². The number of benzene rings is 2. The molecule has 1 fully saturated rings. The van der Waals surface area contributed by atoms with Crippen LogP contribution in [0.15, 0.2) is 42.5 Å². The topological polar surface area (TPSA) is 75.6 Å². The fourth-order valence-corrected chi connectivity index (χ4v) is 5.11. The van der Waals surface area contributed by atoms with Gasteiger partial charge >= 0.3 is 5.97 Å². The number of fused-ring (bicyclic) bond motifs is 1. The number of para-hydroxylation sites is 1. The Bertz CT molecular complexity index is 948. The van der Waals surface area contributed by atoms with Gasteiger partial charge in [-0.1, -0.05) is 52.3 Å². The van der Waals surface area contributed by atoms with Gasteiger partial charge in [0.05, 0.1) is 12.2 Å².